The van der Waals surface area contributed by atoms with Gasteiger partial charge in [-0.05, 0) is 37.3 Å². The molecule has 2 heterocycles. The van der Waals surface area contributed by atoms with Crippen LogP contribution >= 0.6 is 0 Å². The van der Waals surface area contributed by atoms with Crippen LogP contribution in [-0.2, 0) is 0 Å². The van der Waals surface area contributed by atoms with Crippen LogP contribution in [-0.4, -0.2) is 38.0 Å². The number of amidine groups is 1. The largest absolute Gasteiger partial charge is 0.497 e. The van der Waals surface area contributed by atoms with Gasteiger partial charge in [-0.1, -0.05) is 0 Å². The highest BCUT2D eigenvalue weighted by atomic mass is 16.5. The van der Waals surface area contributed by atoms with Crippen molar-refractivity contribution in [3.05, 3.63) is 36.0 Å². The Bertz CT molecular complexity index is 632. The zero-order valence-corrected chi connectivity index (χ0v) is 12.4. The van der Waals surface area contributed by atoms with Crippen LogP contribution in [0, 0.1) is 0 Å². The predicted octanol–water partition coefficient (Wildman–Crippen LogP) is 1.10. The highest BCUT2D eigenvalue weighted by Crippen LogP contribution is 2.24. The molecule has 0 aliphatic carbocycles. The molecule has 0 amide bonds. The van der Waals surface area contributed by atoms with E-state index in [4.69, 9.17) is 10.5 Å². The van der Waals surface area contributed by atoms with Gasteiger partial charge in [0.25, 0.3) is 0 Å². The molecule has 0 radical (unpaired) electrons. The molecule has 0 fully saturated rings. The molecule has 0 bridgehead atoms. The van der Waals surface area contributed by atoms with Crippen molar-refractivity contribution in [2.75, 3.05) is 19.1 Å². The number of nitrogens with two attached hydrogens (primary N) is 1. The smallest absolute Gasteiger partial charge is 0.217 e. The number of aliphatic imine (C=N–C) groups is 2. The van der Waals surface area contributed by atoms with Gasteiger partial charge in [-0.15, -0.1) is 0 Å². The summed E-state index contributed by atoms with van der Waals surface area (Å²) in [6, 6.07) is 7.88. The molecule has 3 rings (SSSR count). The number of nitrogens with one attached hydrogen (secondary N) is 1. The number of likely N-dealkylation sites (N-methyl/N-ethyl adjacent to an activating group) is 1. The number of benzene rings is 1. The van der Waals surface area contributed by atoms with E-state index in [0.717, 1.165) is 23.0 Å². The van der Waals surface area contributed by atoms with Gasteiger partial charge in [0.15, 0.2) is 0 Å². The molecule has 110 valence electrons. The molecule has 0 spiro atoms. The van der Waals surface area contributed by atoms with Crippen molar-refractivity contribution in [3.8, 4) is 5.75 Å². The second kappa shape index (κ2) is 5.12. The molecule has 0 saturated heterocycles. The molecule has 21 heavy (non-hydrogen) atoms. The van der Waals surface area contributed by atoms with E-state index in [0.29, 0.717) is 5.96 Å². The average molecular weight is 285 g/mol. The topological polar surface area (TPSA) is 75.2 Å². The third kappa shape index (κ3) is 2.44. The summed E-state index contributed by atoms with van der Waals surface area (Å²) in [5.74, 6) is 2.01. The average Bonchev–Trinajstić information content (AvgIpc) is 2.85. The Morgan fingerprint density at radius 2 is 2.00 bits per heavy atom. The molecule has 1 aromatic carbocycles. The first-order valence-corrected chi connectivity index (χ1v) is 6.83. The molecule has 6 heteroatoms. The first kappa shape index (κ1) is 13.5. The second-order valence-electron chi connectivity index (χ2n) is 5.18. The van der Waals surface area contributed by atoms with E-state index in [1.807, 2.05) is 43.1 Å². The van der Waals surface area contributed by atoms with E-state index in [1.54, 1.807) is 7.11 Å². The van der Waals surface area contributed by atoms with Gasteiger partial charge in [0.05, 0.1) is 7.11 Å². The van der Waals surface area contributed by atoms with Crippen LogP contribution in [0.1, 0.15) is 6.92 Å². The number of hydrogen-bond acceptors (Lipinski definition) is 6. The molecule has 0 aromatic heterocycles. The van der Waals surface area contributed by atoms with E-state index in [9.17, 15) is 0 Å². The van der Waals surface area contributed by atoms with Crippen molar-refractivity contribution in [3.63, 3.8) is 0 Å². The van der Waals surface area contributed by atoms with Crippen molar-refractivity contribution >= 4 is 17.5 Å². The van der Waals surface area contributed by atoms with Gasteiger partial charge in [0.1, 0.15) is 23.7 Å². The number of methoxy groups -OCH3 is 1. The second-order valence-corrected chi connectivity index (χ2v) is 5.18. The minimum atomic E-state index is 0.0122. The van der Waals surface area contributed by atoms with Crippen molar-refractivity contribution in [2.24, 2.45) is 15.7 Å². The van der Waals surface area contributed by atoms with E-state index in [-0.39, 0.29) is 12.1 Å². The summed E-state index contributed by atoms with van der Waals surface area (Å²) in [6.45, 7) is 2.02. The summed E-state index contributed by atoms with van der Waals surface area (Å²) in [7, 11) is 3.63. The van der Waals surface area contributed by atoms with Crippen LogP contribution in [0.3, 0.4) is 0 Å². The summed E-state index contributed by atoms with van der Waals surface area (Å²) < 4.78 is 5.19. The van der Waals surface area contributed by atoms with Gasteiger partial charge >= 0.3 is 0 Å². The third-order valence-electron chi connectivity index (χ3n) is 3.74. The minimum Gasteiger partial charge on any atom is -0.497 e. The van der Waals surface area contributed by atoms with E-state index >= 15 is 0 Å². The zero-order valence-electron chi connectivity index (χ0n) is 12.4. The number of hydrogen-bond donors (Lipinski definition) is 2. The predicted molar refractivity (Wildman–Crippen MR) is 84.9 cm³/mol. The molecule has 2 unspecified atom stereocenters. The van der Waals surface area contributed by atoms with Gasteiger partial charge < -0.3 is 20.7 Å². The normalized spacial score (nSPS) is 23.5. The highest BCUT2D eigenvalue weighted by molar-refractivity contribution is 6.09. The number of ether oxygens (including phenoxy) is 1. The van der Waals surface area contributed by atoms with Gasteiger partial charge in [-0.2, -0.15) is 4.99 Å². The Hall–Kier alpha value is -2.50. The van der Waals surface area contributed by atoms with Crippen LogP contribution in [0.15, 0.2) is 46.0 Å². The van der Waals surface area contributed by atoms with Gasteiger partial charge in [-0.25, -0.2) is 4.99 Å². The van der Waals surface area contributed by atoms with Crippen LogP contribution in [0.4, 0.5) is 5.69 Å². The highest BCUT2D eigenvalue weighted by Gasteiger charge is 2.35. The Morgan fingerprint density at radius 3 is 2.67 bits per heavy atom. The summed E-state index contributed by atoms with van der Waals surface area (Å²) >= 11 is 0. The number of rotatable bonds is 2. The van der Waals surface area contributed by atoms with Gasteiger partial charge in [0.2, 0.25) is 5.96 Å². The fourth-order valence-electron chi connectivity index (χ4n) is 2.65. The zero-order chi connectivity index (χ0) is 15.0. The first-order valence-electron chi connectivity index (χ1n) is 6.83. The maximum absolute atomic E-state index is 5.85. The third-order valence-corrected chi connectivity index (χ3v) is 3.74. The summed E-state index contributed by atoms with van der Waals surface area (Å²) in [5, 5.41) is 3.40. The van der Waals surface area contributed by atoms with E-state index in [2.05, 4.69) is 21.4 Å². The number of anilines is 1. The molecule has 6 nitrogen and oxygen atoms in total. The van der Waals surface area contributed by atoms with Crippen molar-refractivity contribution in [1.29, 1.82) is 0 Å². The molecule has 0 saturated carbocycles. The van der Waals surface area contributed by atoms with E-state index < -0.39 is 0 Å². The molecular weight excluding hydrogens is 266 g/mol. The Kier molecular flexibility index (Phi) is 3.29. The van der Waals surface area contributed by atoms with E-state index in [1.165, 1.54) is 0 Å². The Labute approximate surface area is 124 Å². The molecule has 3 N–H and O–H groups in total. The van der Waals surface area contributed by atoms with Gasteiger partial charge in [-0.3, -0.25) is 0 Å². The number of allylic oxidation sites excluding steroid dienone is 1. The standard InChI is InChI=1S/C15H19N5O/c1-9-8-12-13(17-9)14(19-15(16)18-12)20(2)10-4-6-11(21-3)7-5-10/h4-8,12-13,17H,1-3H3,(H2,16,18). The number of nitrogens with zero attached hydrogens (tertiary/aromatic N) is 3. The SMILES string of the molecule is COc1ccc(N(C)C2=NC(N)=NC3C=C(C)NC23)cc1. The summed E-state index contributed by atoms with van der Waals surface area (Å²) in [4.78, 5) is 10.8. The lowest BCUT2D eigenvalue weighted by atomic mass is 10.1. The van der Waals surface area contributed by atoms with Gasteiger partial charge in [0, 0.05) is 18.4 Å². The lowest BCUT2D eigenvalue weighted by molar-refractivity contribution is 0.415. The quantitative estimate of drug-likeness (QED) is 0.853. The van der Waals surface area contributed by atoms with Crippen LogP contribution in [0.5, 0.6) is 5.75 Å². The Morgan fingerprint density at radius 1 is 1.29 bits per heavy atom. The maximum atomic E-state index is 5.85. The summed E-state index contributed by atoms with van der Waals surface area (Å²) in [6.07, 6.45) is 2.08. The molecule has 2 atom stereocenters. The monoisotopic (exact) mass is 285 g/mol. The lowest BCUT2D eigenvalue weighted by Gasteiger charge is -2.30. The molecular formula is C15H19N5O. The molecule has 2 aliphatic heterocycles. The fraction of sp³-hybridized carbons (Fsp3) is 0.333. The first-order chi connectivity index (χ1) is 10.1. The molecule has 1 aromatic rings. The lowest BCUT2D eigenvalue weighted by Crippen LogP contribution is -2.50. The minimum absolute atomic E-state index is 0.0122. The fourth-order valence-corrected chi connectivity index (χ4v) is 2.65. The maximum Gasteiger partial charge on any atom is 0.217 e. The summed E-state index contributed by atoms with van der Waals surface area (Å²) in [5.41, 5.74) is 7.97. The number of fused-ring (bicyclic) bond motifs is 1. The number of guanidine groups is 1. The van der Waals surface area contributed by atoms with Crippen molar-refractivity contribution in [1.82, 2.24) is 5.32 Å². The Balaban J connectivity index is 1.89. The van der Waals surface area contributed by atoms with Crippen molar-refractivity contribution in [2.45, 2.75) is 19.0 Å². The van der Waals surface area contributed by atoms with Crippen molar-refractivity contribution < 1.29 is 4.74 Å². The van der Waals surface area contributed by atoms with Crippen LogP contribution in [0.25, 0.3) is 0 Å². The molecule has 2 aliphatic rings. The van der Waals surface area contributed by atoms with Crippen LogP contribution in [0.2, 0.25) is 0 Å². The van der Waals surface area contributed by atoms with Crippen LogP contribution < -0.4 is 20.7 Å².